The van der Waals surface area contributed by atoms with Crippen LogP contribution >= 0.6 is 0 Å². The van der Waals surface area contributed by atoms with Crippen molar-refractivity contribution in [1.29, 1.82) is 0 Å². The van der Waals surface area contributed by atoms with E-state index in [-0.39, 0.29) is 17.7 Å². The molecular formula is C31H34N4O2. The summed E-state index contributed by atoms with van der Waals surface area (Å²) in [6, 6.07) is 23.3. The topological polar surface area (TPSA) is 75.5 Å². The van der Waals surface area contributed by atoms with Gasteiger partial charge in [-0.05, 0) is 50.5 Å². The van der Waals surface area contributed by atoms with Gasteiger partial charge in [0.1, 0.15) is 6.04 Å². The number of aryl methyl sites for hydroxylation is 2. The molecule has 1 aromatic heterocycles. The summed E-state index contributed by atoms with van der Waals surface area (Å²) in [5, 5.41) is 8.21. The third kappa shape index (κ3) is 5.97. The molecule has 0 spiro atoms. The van der Waals surface area contributed by atoms with Gasteiger partial charge in [-0.1, -0.05) is 79.6 Å². The van der Waals surface area contributed by atoms with Crippen molar-refractivity contribution in [3.8, 4) is 0 Å². The van der Waals surface area contributed by atoms with Crippen LogP contribution in [0.2, 0.25) is 0 Å². The smallest absolute Gasteiger partial charge is 0.262 e. The number of hydrogen-bond donors (Lipinski definition) is 2. The van der Waals surface area contributed by atoms with Gasteiger partial charge in [0.2, 0.25) is 0 Å². The zero-order valence-electron chi connectivity index (χ0n) is 22.1. The molecule has 4 aromatic rings. The molecule has 0 saturated heterocycles. The Balaban J connectivity index is 1.52. The average molecular weight is 495 g/mol. The van der Waals surface area contributed by atoms with Gasteiger partial charge in [-0.3, -0.25) is 9.59 Å². The van der Waals surface area contributed by atoms with E-state index in [2.05, 4.69) is 70.7 Å². The van der Waals surface area contributed by atoms with Crippen molar-refractivity contribution in [1.82, 2.24) is 15.3 Å². The van der Waals surface area contributed by atoms with Crippen LogP contribution in [0.4, 0.5) is 0 Å². The molecule has 190 valence electrons. The minimum Gasteiger partial charge on any atom is -0.340 e. The molecule has 0 radical (unpaired) electrons. The molecule has 1 unspecified atom stereocenters. The van der Waals surface area contributed by atoms with Crippen LogP contribution in [-0.4, -0.2) is 28.6 Å². The number of hydrogen-bond acceptors (Lipinski definition) is 3. The van der Waals surface area contributed by atoms with E-state index in [1.165, 1.54) is 11.1 Å². The molecule has 0 aliphatic rings. The molecule has 3 aromatic carbocycles. The van der Waals surface area contributed by atoms with Gasteiger partial charge < -0.3 is 9.88 Å². The molecule has 2 amide bonds. The number of nitrogens with zero attached hydrogens (tertiary/aromatic N) is 2. The predicted molar refractivity (Wildman–Crippen MR) is 150 cm³/mol. The summed E-state index contributed by atoms with van der Waals surface area (Å²) < 4.78 is 2.27. The number of hydrazone groups is 1. The second-order valence-corrected chi connectivity index (χ2v) is 9.88. The van der Waals surface area contributed by atoms with Crippen LogP contribution in [0.1, 0.15) is 52.2 Å². The molecule has 1 atom stereocenters. The first kappa shape index (κ1) is 25.9. The highest BCUT2D eigenvalue weighted by molar-refractivity contribution is 6.02. The van der Waals surface area contributed by atoms with Crippen molar-refractivity contribution in [3.63, 3.8) is 0 Å². The van der Waals surface area contributed by atoms with Crippen LogP contribution in [-0.2, 0) is 11.3 Å². The lowest BCUT2D eigenvalue weighted by Crippen LogP contribution is -2.48. The van der Waals surface area contributed by atoms with Crippen LogP contribution < -0.4 is 10.7 Å². The maximum Gasteiger partial charge on any atom is 0.262 e. The molecular weight excluding hydrogens is 460 g/mol. The van der Waals surface area contributed by atoms with Crippen molar-refractivity contribution in [3.05, 3.63) is 106 Å². The first-order valence-electron chi connectivity index (χ1n) is 12.6. The van der Waals surface area contributed by atoms with Crippen molar-refractivity contribution in [2.45, 2.75) is 47.2 Å². The standard InChI is InChI=1S/C31H34N4O2/c1-20(2)29(33-30(36)25-16-12-22(4)13-17-25)31(37)34-32-18-27-23(5)35(28-9-7-6-8-26(27)28)19-24-14-10-21(3)11-15-24/h6-18,20,29H,19H2,1-5H3,(H,33,36)(H,34,37)/b32-18-. The summed E-state index contributed by atoms with van der Waals surface area (Å²) in [6.07, 6.45) is 1.69. The summed E-state index contributed by atoms with van der Waals surface area (Å²) in [6.45, 7) is 10.6. The minimum atomic E-state index is -0.713. The number of benzene rings is 3. The number of aromatic nitrogens is 1. The average Bonchev–Trinajstić information content (AvgIpc) is 3.14. The monoisotopic (exact) mass is 494 g/mol. The number of fused-ring (bicyclic) bond motifs is 1. The fourth-order valence-corrected chi connectivity index (χ4v) is 4.39. The Morgan fingerprint density at radius 1 is 0.892 bits per heavy atom. The second-order valence-electron chi connectivity index (χ2n) is 9.88. The van der Waals surface area contributed by atoms with E-state index in [1.54, 1.807) is 18.3 Å². The molecule has 4 rings (SSSR count). The zero-order chi connectivity index (χ0) is 26.5. The maximum atomic E-state index is 13.0. The van der Waals surface area contributed by atoms with Gasteiger partial charge >= 0.3 is 0 Å². The van der Waals surface area contributed by atoms with Crippen LogP contribution in [0.3, 0.4) is 0 Å². The van der Waals surface area contributed by atoms with Gasteiger partial charge in [0.05, 0.1) is 6.21 Å². The molecule has 6 heteroatoms. The van der Waals surface area contributed by atoms with Gasteiger partial charge in [0, 0.05) is 34.3 Å². The van der Waals surface area contributed by atoms with Crippen LogP contribution in [0, 0.1) is 26.7 Å². The number of nitrogens with one attached hydrogen (secondary N) is 2. The normalized spacial score (nSPS) is 12.3. The molecule has 0 saturated carbocycles. The lowest BCUT2D eigenvalue weighted by molar-refractivity contribution is -0.123. The van der Waals surface area contributed by atoms with Crippen molar-refractivity contribution in [2.75, 3.05) is 0 Å². The third-order valence-corrected chi connectivity index (χ3v) is 6.66. The Bertz CT molecular complexity index is 1430. The molecule has 37 heavy (non-hydrogen) atoms. The summed E-state index contributed by atoms with van der Waals surface area (Å²) >= 11 is 0. The molecule has 0 aliphatic heterocycles. The second kappa shape index (κ2) is 11.2. The highest BCUT2D eigenvalue weighted by atomic mass is 16.2. The Kier molecular flexibility index (Phi) is 7.87. The number of carbonyl (C=O) groups excluding carboxylic acids is 2. The largest absolute Gasteiger partial charge is 0.340 e. The van der Waals surface area contributed by atoms with Crippen LogP contribution in [0.5, 0.6) is 0 Å². The number of rotatable bonds is 8. The minimum absolute atomic E-state index is 0.109. The van der Waals surface area contributed by atoms with E-state index in [0.717, 1.165) is 34.3 Å². The van der Waals surface area contributed by atoms with Gasteiger partial charge in [0.25, 0.3) is 11.8 Å². The summed E-state index contributed by atoms with van der Waals surface area (Å²) in [5.74, 6) is -0.747. The highest BCUT2D eigenvalue weighted by Crippen LogP contribution is 2.25. The lowest BCUT2D eigenvalue weighted by atomic mass is 10.0. The maximum absolute atomic E-state index is 13.0. The SMILES string of the molecule is Cc1ccc(Cn2c(C)c(/C=N\NC(=O)C(NC(=O)c3ccc(C)cc3)C(C)C)c3ccccc32)cc1. The highest BCUT2D eigenvalue weighted by Gasteiger charge is 2.24. The van der Waals surface area contributed by atoms with E-state index < -0.39 is 6.04 Å². The Labute approximate surface area is 218 Å². The number of carbonyl (C=O) groups is 2. The molecule has 1 heterocycles. The van der Waals surface area contributed by atoms with E-state index in [0.29, 0.717) is 5.56 Å². The van der Waals surface area contributed by atoms with Crippen LogP contribution in [0.25, 0.3) is 10.9 Å². The number of amides is 2. The molecule has 6 nitrogen and oxygen atoms in total. The lowest BCUT2D eigenvalue weighted by Gasteiger charge is -2.20. The third-order valence-electron chi connectivity index (χ3n) is 6.66. The predicted octanol–water partition coefficient (Wildman–Crippen LogP) is 5.52. The van der Waals surface area contributed by atoms with Gasteiger partial charge in [0.15, 0.2) is 0 Å². The fraction of sp³-hybridized carbons (Fsp3) is 0.258. The van der Waals surface area contributed by atoms with E-state index in [1.807, 2.05) is 45.0 Å². The Morgan fingerprint density at radius 3 is 2.16 bits per heavy atom. The summed E-state index contributed by atoms with van der Waals surface area (Å²) in [7, 11) is 0. The summed E-state index contributed by atoms with van der Waals surface area (Å²) in [5.41, 5.74) is 9.80. The molecule has 0 fully saturated rings. The van der Waals surface area contributed by atoms with Crippen molar-refractivity contribution >= 4 is 28.9 Å². The summed E-state index contributed by atoms with van der Waals surface area (Å²) in [4.78, 5) is 25.7. The van der Waals surface area contributed by atoms with E-state index >= 15 is 0 Å². The van der Waals surface area contributed by atoms with Gasteiger partial charge in [-0.25, -0.2) is 5.43 Å². The van der Waals surface area contributed by atoms with Crippen molar-refractivity contribution < 1.29 is 9.59 Å². The molecule has 0 aliphatic carbocycles. The number of para-hydroxylation sites is 1. The van der Waals surface area contributed by atoms with Gasteiger partial charge in [-0.2, -0.15) is 5.10 Å². The van der Waals surface area contributed by atoms with Gasteiger partial charge in [-0.15, -0.1) is 0 Å². The quantitative estimate of drug-likeness (QED) is 0.250. The fourth-order valence-electron chi connectivity index (χ4n) is 4.39. The van der Waals surface area contributed by atoms with E-state index in [4.69, 9.17) is 0 Å². The zero-order valence-corrected chi connectivity index (χ0v) is 22.1. The Hall–Kier alpha value is -4.19. The molecule has 0 bridgehead atoms. The Morgan fingerprint density at radius 2 is 1.51 bits per heavy atom. The van der Waals surface area contributed by atoms with Crippen molar-refractivity contribution in [2.24, 2.45) is 11.0 Å². The van der Waals surface area contributed by atoms with Crippen LogP contribution in [0.15, 0.2) is 77.9 Å². The molecule has 2 N–H and O–H groups in total. The van der Waals surface area contributed by atoms with E-state index in [9.17, 15) is 9.59 Å². The first-order chi connectivity index (χ1) is 17.7. The first-order valence-corrected chi connectivity index (χ1v) is 12.6.